The number of para-hydroxylation sites is 1. The van der Waals surface area contributed by atoms with Crippen LogP contribution < -0.4 is 4.72 Å². The topological polar surface area (TPSA) is 83.5 Å². The van der Waals surface area contributed by atoms with Crippen molar-refractivity contribution in [2.75, 3.05) is 4.72 Å². The Balaban J connectivity index is 2.30. The number of rotatable bonds is 5. The molecular formula is C12H9BrFNO4S2. The lowest BCUT2D eigenvalue weighted by Crippen LogP contribution is -2.13. The first-order valence-electron chi connectivity index (χ1n) is 5.57. The molecule has 0 amide bonds. The molecule has 2 N–H and O–H groups in total. The smallest absolute Gasteiger partial charge is 0.308 e. The van der Waals surface area contributed by atoms with Crippen molar-refractivity contribution in [3.63, 3.8) is 0 Å². The zero-order chi connectivity index (χ0) is 15.6. The van der Waals surface area contributed by atoms with Gasteiger partial charge in [0.15, 0.2) is 0 Å². The minimum absolute atomic E-state index is 0.0751. The third kappa shape index (κ3) is 3.80. The lowest BCUT2D eigenvalue weighted by atomic mass is 10.3. The molecule has 2 rings (SSSR count). The second-order valence-corrected chi connectivity index (χ2v) is 7.93. The number of hydrogen-bond acceptors (Lipinski definition) is 4. The highest BCUT2D eigenvalue weighted by molar-refractivity contribution is 9.10. The van der Waals surface area contributed by atoms with Gasteiger partial charge in [0.25, 0.3) is 10.0 Å². The summed E-state index contributed by atoms with van der Waals surface area (Å²) in [5.74, 6) is -1.76. The number of carboxylic acids is 1. The number of sulfonamides is 1. The van der Waals surface area contributed by atoms with E-state index in [1.54, 1.807) is 0 Å². The van der Waals surface area contributed by atoms with Crippen LogP contribution in [0, 0.1) is 5.82 Å². The summed E-state index contributed by atoms with van der Waals surface area (Å²) in [4.78, 5) is 11.0. The van der Waals surface area contributed by atoms with Gasteiger partial charge in [0, 0.05) is 9.35 Å². The fourth-order valence-electron chi connectivity index (χ4n) is 1.53. The van der Waals surface area contributed by atoms with Crippen molar-refractivity contribution in [3.8, 4) is 0 Å². The molecule has 9 heteroatoms. The van der Waals surface area contributed by atoms with E-state index in [1.165, 1.54) is 24.3 Å². The normalized spacial score (nSPS) is 11.3. The average Bonchev–Trinajstić information content (AvgIpc) is 2.82. The van der Waals surface area contributed by atoms with Crippen LogP contribution in [0.3, 0.4) is 0 Å². The van der Waals surface area contributed by atoms with Crippen LogP contribution in [0.1, 0.15) is 4.88 Å². The first-order valence-corrected chi connectivity index (χ1v) is 8.66. The van der Waals surface area contributed by atoms with Gasteiger partial charge < -0.3 is 5.11 Å². The van der Waals surface area contributed by atoms with Gasteiger partial charge in [-0.25, -0.2) is 12.8 Å². The molecule has 0 atom stereocenters. The minimum atomic E-state index is -3.97. The summed E-state index contributed by atoms with van der Waals surface area (Å²) < 4.78 is 40.3. The second-order valence-electron chi connectivity index (χ2n) is 3.99. The first-order chi connectivity index (χ1) is 9.79. The number of carboxylic acid groups (broad SMARTS) is 1. The molecule has 112 valence electrons. The Bertz CT molecular complexity index is 768. The summed E-state index contributed by atoms with van der Waals surface area (Å²) in [5, 5.41) is 8.67. The van der Waals surface area contributed by atoms with Crippen LogP contribution >= 0.6 is 27.3 Å². The van der Waals surface area contributed by atoms with E-state index in [4.69, 9.17) is 5.11 Å². The summed E-state index contributed by atoms with van der Waals surface area (Å²) in [6, 6.07) is 6.79. The molecule has 0 bridgehead atoms. The van der Waals surface area contributed by atoms with Gasteiger partial charge in [-0.1, -0.05) is 6.07 Å². The van der Waals surface area contributed by atoms with E-state index in [0.29, 0.717) is 4.88 Å². The molecule has 1 aromatic carbocycles. The molecule has 21 heavy (non-hydrogen) atoms. The average molecular weight is 394 g/mol. The summed E-state index contributed by atoms with van der Waals surface area (Å²) in [6.07, 6.45) is -0.260. The third-order valence-electron chi connectivity index (χ3n) is 2.43. The number of thiophene rings is 1. The van der Waals surface area contributed by atoms with Crippen molar-refractivity contribution < 1.29 is 22.7 Å². The number of aliphatic carboxylic acids is 1. The van der Waals surface area contributed by atoms with Crippen LogP contribution in [0.25, 0.3) is 0 Å². The SMILES string of the molecule is O=C(O)Cc1ccc(S(=O)(=O)Nc2c(F)cccc2Br)s1. The molecule has 0 saturated heterocycles. The van der Waals surface area contributed by atoms with Crippen LogP contribution in [-0.2, 0) is 21.2 Å². The van der Waals surface area contributed by atoms with E-state index < -0.39 is 21.8 Å². The molecule has 2 aromatic rings. The molecule has 1 heterocycles. The Morgan fingerprint density at radius 1 is 1.33 bits per heavy atom. The molecule has 0 unspecified atom stereocenters. The summed E-state index contributed by atoms with van der Waals surface area (Å²) in [7, 11) is -3.97. The van der Waals surface area contributed by atoms with E-state index in [9.17, 15) is 17.6 Å². The highest BCUT2D eigenvalue weighted by Crippen LogP contribution is 2.30. The van der Waals surface area contributed by atoms with Gasteiger partial charge in [-0.2, -0.15) is 0 Å². The standard InChI is InChI=1S/C12H9BrFNO4S2/c13-8-2-1-3-9(14)12(8)15-21(18,19)11-5-4-7(20-11)6-10(16)17/h1-5,15H,6H2,(H,16,17). The summed E-state index contributed by atoms with van der Waals surface area (Å²) >= 11 is 3.90. The van der Waals surface area contributed by atoms with Crippen molar-refractivity contribution in [1.29, 1.82) is 0 Å². The molecule has 0 spiro atoms. The van der Waals surface area contributed by atoms with Crippen LogP contribution in [0.5, 0.6) is 0 Å². The predicted molar refractivity (Wildman–Crippen MR) is 80.6 cm³/mol. The predicted octanol–water partition coefficient (Wildman–Crippen LogP) is 3.08. The lowest BCUT2D eigenvalue weighted by molar-refractivity contribution is -0.136. The Morgan fingerprint density at radius 2 is 2.05 bits per heavy atom. The quantitative estimate of drug-likeness (QED) is 0.817. The zero-order valence-electron chi connectivity index (χ0n) is 10.3. The molecule has 1 aromatic heterocycles. The van der Waals surface area contributed by atoms with Crippen LogP contribution in [0.15, 0.2) is 39.0 Å². The number of anilines is 1. The Morgan fingerprint density at radius 3 is 2.67 bits per heavy atom. The Labute approximate surface area is 132 Å². The number of halogens is 2. The summed E-state index contributed by atoms with van der Waals surface area (Å²) in [5.41, 5.74) is -0.189. The number of benzene rings is 1. The van der Waals surface area contributed by atoms with Crippen LogP contribution in [0.4, 0.5) is 10.1 Å². The number of nitrogens with one attached hydrogen (secondary N) is 1. The van der Waals surface area contributed by atoms with Gasteiger partial charge in [0.1, 0.15) is 10.0 Å². The van der Waals surface area contributed by atoms with Crippen molar-refractivity contribution in [1.82, 2.24) is 0 Å². The molecule has 0 aliphatic carbocycles. The molecule has 0 aliphatic heterocycles. The van der Waals surface area contributed by atoms with Crippen LogP contribution in [0.2, 0.25) is 0 Å². The highest BCUT2D eigenvalue weighted by Gasteiger charge is 2.20. The Hall–Kier alpha value is -1.45. The Kier molecular flexibility index (Phi) is 4.64. The first kappa shape index (κ1) is 15.9. The second kappa shape index (κ2) is 6.12. The maximum Gasteiger partial charge on any atom is 0.308 e. The van der Waals surface area contributed by atoms with Crippen LogP contribution in [-0.4, -0.2) is 19.5 Å². The highest BCUT2D eigenvalue weighted by atomic mass is 79.9. The fourth-order valence-corrected chi connectivity index (χ4v) is 4.53. The summed E-state index contributed by atoms with van der Waals surface area (Å²) in [6.45, 7) is 0. The van der Waals surface area contributed by atoms with E-state index in [-0.39, 0.29) is 20.8 Å². The van der Waals surface area contributed by atoms with E-state index in [1.807, 2.05) is 0 Å². The van der Waals surface area contributed by atoms with Crippen molar-refractivity contribution in [3.05, 3.63) is 45.5 Å². The minimum Gasteiger partial charge on any atom is -0.481 e. The largest absolute Gasteiger partial charge is 0.481 e. The number of carbonyl (C=O) groups is 1. The van der Waals surface area contributed by atoms with Gasteiger partial charge in [0.2, 0.25) is 0 Å². The monoisotopic (exact) mass is 393 g/mol. The van der Waals surface area contributed by atoms with E-state index >= 15 is 0 Å². The fraction of sp³-hybridized carbons (Fsp3) is 0.0833. The maximum atomic E-state index is 13.6. The molecule has 5 nitrogen and oxygen atoms in total. The van der Waals surface area contributed by atoms with E-state index in [0.717, 1.165) is 17.4 Å². The lowest BCUT2D eigenvalue weighted by Gasteiger charge is -2.09. The molecule has 0 aliphatic rings. The van der Waals surface area contributed by atoms with Gasteiger partial charge >= 0.3 is 5.97 Å². The van der Waals surface area contributed by atoms with Gasteiger partial charge in [-0.05, 0) is 40.2 Å². The number of hydrogen-bond donors (Lipinski definition) is 2. The van der Waals surface area contributed by atoms with E-state index in [2.05, 4.69) is 20.7 Å². The van der Waals surface area contributed by atoms with Gasteiger partial charge in [0.05, 0.1) is 12.1 Å². The van der Waals surface area contributed by atoms with Crippen molar-refractivity contribution in [2.45, 2.75) is 10.6 Å². The molecular weight excluding hydrogens is 385 g/mol. The van der Waals surface area contributed by atoms with Gasteiger partial charge in [-0.3, -0.25) is 9.52 Å². The zero-order valence-corrected chi connectivity index (χ0v) is 13.6. The molecule has 0 saturated carbocycles. The molecule has 0 radical (unpaired) electrons. The van der Waals surface area contributed by atoms with Gasteiger partial charge in [-0.15, -0.1) is 11.3 Å². The molecule has 0 fully saturated rings. The maximum absolute atomic E-state index is 13.6. The van der Waals surface area contributed by atoms with Crippen molar-refractivity contribution >= 4 is 48.9 Å². The van der Waals surface area contributed by atoms with Crippen molar-refractivity contribution in [2.24, 2.45) is 0 Å². The third-order valence-corrected chi connectivity index (χ3v) is 6.01.